The number of halogens is 3. The molecule has 2 nitrogen and oxygen atoms in total. The van der Waals surface area contributed by atoms with Crippen molar-refractivity contribution in [1.29, 1.82) is 0 Å². The lowest BCUT2D eigenvalue weighted by atomic mass is 9.77. The second kappa shape index (κ2) is 7.15. The Kier molecular flexibility index (Phi) is 6.87. The molecule has 0 heterocycles. The van der Waals surface area contributed by atoms with Crippen molar-refractivity contribution in [2.75, 3.05) is 0 Å². The van der Waals surface area contributed by atoms with E-state index in [1.165, 1.54) is 0 Å². The van der Waals surface area contributed by atoms with Gasteiger partial charge in [-0.3, -0.25) is 4.79 Å². The molecular weight excluding hydrogens is 255 g/mol. The Morgan fingerprint density at radius 2 is 1.68 bits per heavy atom. The first kappa shape index (κ1) is 18.3. The van der Waals surface area contributed by atoms with Gasteiger partial charge in [0.2, 0.25) is 0 Å². The standard InChI is InChI=1S/C14H26F3NO/c1-6-7-8-9-10(2)11(13(3,4)5)18-12(19)14(15,16)17/h10-11H,6-9H2,1-5H3,(H,18,19)/t10-,11?/m0/s1. The summed E-state index contributed by atoms with van der Waals surface area (Å²) in [5, 5.41) is 2.16. The van der Waals surface area contributed by atoms with Crippen LogP contribution in [-0.2, 0) is 4.79 Å². The molecule has 0 aliphatic heterocycles. The van der Waals surface area contributed by atoms with E-state index in [1.54, 1.807) is 0 Å². The van der Waals surface area contributed by atoms with E-state index in [9.17, 15) is 18.0 Å². The van der Waals surface area contributed by atoms with E-state index in [-0.39, 0.29) is 5.92 Å². The predicted molar refractivity (Wildman–Crippen MR) is 70.7 cm³/mol. The maximum absolute atomic E-state index is 12.4. The largest absolute Gasteiger partial charge is 0.471 e. The number of rotatable bonds is 6. The Hall–Kier alpha value is -0.740. The molecule has 0 radical (unpaired) electrons. The van der Waals surface area contributed by atoms with Crippen molar-refractivity contribution in [3.05, 3.63) is 0 Å². The fourth-order valence-corrected chi connectivity index (χ4v) is 2.32. The Labute approximate surface area is 114 Å². The second-order valence-corrected chi connectivity index (χ2v) is 6.29. The molecule has 5 heteroatoms. The first-order valence-corrected chi connectivity index (χ1v) is 6.87. The van der Waals surface area contributed by atoms with Gasteiger partial charge in [0.1, 0.15) is 0 Å². The summed E-state index contributed by atoms with van der Waals surface area (Å²) in [5.74, 6) is -1.81. The van der Waals surface area contributed by atoms with E-state index in [0.29, 0.717) is 0 Å². The molecule has 1 amide bonds. The van der Waals surface area contributed by atoms with Crippen LogP contribution in [0.25, 0.3) is 0 Å². The molecule has 0 fully saturated rings. The minimum Gasteiger partial charge on any atom is -0.345 e. The zero-order chi connectivity index (χ0) is 15.3. The predicted octanol–water partition coefficient (Wildman–Crippen LogP) is 4.30. The molecule has 0 aromatic heterocycles. The molecule has 0 aliphatic carbocycles. The number of carbonyl (C=O) groups excluding carboxylic acids is 1. The normalized spacial score (nSPS) is 16.0. The molecule has 0 bridgehead atoms. The molecule has 0 saturated heterocycles. The number of carbonyl (C=O) groups is 1. The SMILES string of the molecule is CCCCC[C@H](C)C(NC(=O)C(F)(F)F)C(C)(C)C. The maximum Gasteiger partial charge on any atom is 0.471 e. The Bertz CT molecular complexity index is 281. The Morgan fingerprint density at radius 3 is 2.05 bits per heavy atom. The van der Waals surface area contributed by atoms with Gasteiger partial charge in [0.15, 0.2) is 0 Å². The number of alkyl halides is 3. The molecule has 0 aliphatic rings. The lowest BCUT2D eigenvalue weighted by molar-refractivity contribution is -0.175. The number of unbranched alkanes of at least 4 members (excludes halogenated alkanes) is 2. The second-order valence-electron chi connectivity index (χ2n) is 6.29. The molecule has 0 aromatic rings. The van der Waals surface area contributed by atoms with Crippen molar-refractivity contribution in [3.63, 3.8) is 0 Å². The van der Waals surface area contributed by atoms with Gasteiger partial charge in [0, 0.05) is 6.04 Å². The van der Waals surface area contributed by atoms with Crippen molar-refractivity contribution in [3.8, 4) is 0 Å². The summed E-state index contributed by atoms with van der Waals surface area (Å²) in [6.07, 6.45) is -0.872. The first-order chi connectivity index (χ1) is 8.50. The van der Waals surface area contributed by atoms with Gasteiger partial charge < -0.3 is 5.32 Å². The van der Waals surface area contributed by atoms with Gasteiger partial charge in [-0.1, -0.05) is 53.9 Å². The summed E-state index contributed by atoms with van der Waals surface area (Å²) < 4.78 is 37.1. The highest BCUT2D eigenvalue weighted by Crippen LogP contribution is 2.29. The summed E-state index contributed by atoms with van der Waals surface area (Å²) in [5.41, 5.74) is -0.396. The minimum absolute atomic E-state index is 0.0258. The summed E-state index contributed by atoms with van der Waals surface area (Å²) in [6, 6.07) is -0.474. The van der Waals surface area contributed by atoms with E-state index in [0.717, 1.165) is 25.7 Å². The van der Waals surface area contributed by atoms with Crippen LogP contribution in [-0.4, -0.2) is 18.1 Å². The average Bonchev–Trinajstić information content (AvgIpc) is 2.22. The van der Waals surface area contributed by atoms with Crippen LogP contribution >= 0.6 is 0 Å². The molecule has 0 aromatic carbocycles. The number of nitrogens with one attached hydrogen (secondary N) is 1. The fraction of sp³-hybridized carbons (Fsp3) is 0.929. The zero-order valence-electron chi connectivity index (χ0n) is 12.5. The fourth-order valence-electron chi connectivity index (χ4n) is 2.32. The van der Waals surface area contributed by atoms with Crippen molar-refractivity contribution < 1.29 is 18.0 Å². The van der Waals surface area contributed by atoms with Crippen molar-refractivity contribution in [2.45, 2.75) is 72.5 Å². The molecule has 0 saturated carbocycles. The van der Waals surface area contributed by atoms with Gasteiger partial charge in [0.25, 0.3) is 0 Å². The molecule has 114 valence electrons. The third kappa shape index (κ3) is 6.83. The van der Waals surface area contributed by atoms with Gasteiger partial charge in [0.05, 0.1) is 0 Å². The molecule has 1 unspecified atom stereocenters. The lowest BCUT2D eigenvalue weighted by Crippen LogP contribution is -2.51. The highest BCUT2D eigenvalue weighted by atomic mass is 19.4. The van der Waals surface area contributed by atoms with Crippen LogP contribution in [0.5, 0.6) is 0 Å². The third-order valence-corrected chi connectivity index (χ3v) is 3.31. The highest BCUT2D eigenvalue weighted by molar-refractivity contribution is 5.82. The molecular formula is C14H26F3NO. The van der Waals surface area contributed by atoms with Crippen LogP contribution in [0.4, 0.5) is 13.2 Å². The summed E-state index contributed by atoms with van der Waals surface area (Å²) in [6.45, 7) is 9.54. The van der Waals surface area contributed by atoms with Crippen LogP contribution in [0.15, 0.2) is 0 Å². The average molecular weight is 281 g/mol. The van der Waals surface area contributed by atoms with Gasteiger partial charge in [-0.2, -0.15) is 13.2 Å². The third-order valence-electron chi connectivity index (χ3n) is 3.31. The maximum atomic E-state index is 12.4. The van der Waals surface area contributed by atoms with Crippen LogP contribution in [0.2, 0.25) is 0 Å². The van der Waals surface area contributed by atoms with Crippen LogP contribution in [0.3, 0.4) is 0 Å². The molecule has 2 atom stereocenters. The topological polar surface area (TPSA) is 29.1 Å². The van der Waals surface area contributed by atoms with Gasteiger partial charge in [-0.05, 0) is 17.8 Å². The van der Waals surface area contributed by atoms with E-state index in [1.807, 2.05) is 27.7 Å². The number of amides is 1. The smallest absolute Gasteiger partial charge is 0.345 e. The minimum atomic E-state index is -4.81. The van der Waals surface area contributed by atoms with E-state index in [4.69, 9.17) is 0 Å². The summed E-state index contributed by atoms with van der Waals surface area (Å²) in [7, 11) is 0. The highest BCUT2D eigenvalue weighted by Gasteiger charge is 2.42. The van der Waals surface area contributed by atoms with Crippen molar-refractivity contribution in [2.24, 2.45) is 11.3 Å². The van der Waals surface area contributed by atoms with Gasteiger partial charge in [-0.25, -0.2) is 0 Å². The van der Waals surface area contributed by atoms with Crippen molar-refractivity contribution >= 4 is 5.91 Å². The first-order valence-electron chi connectivity index (χ1n) is 6.87. The Morgan fingerprint density at radius 1 is 1.16 bits per heavy atom. The van der Waals surface area contributed by atoms with E-state index >= 15 is 0 Å². The Balaban J connectivity index is 4.70. The lowest BCUT2D eigenvalue weighted by Gasteiger charge is -2.36. The molecule has 1 N–H and O–H groups in total. The van der Waals surface area contributed by atoms with Crippen LogP contribution < -0.4 is 5.32 Å². The summed E-state index contributed by atoms with van der Waals surface area (Å²) >= 11 is 0. The monoisotopic (exact) mass is 281 g/mol. The summed E-state index contributed by atoms with van der Waals surface area (Å²) in [4.78, 5) is 11.1. The molecule has 19 heavy (non-hydrogen) atoms. The van der Waals surface area contributed by atoms with Gasteiger partial charge in [-0.15, -0.1) is 0 Å². The molecule has 0 spiro atoms. The zero-order valence-corrected chi connectivity index (χ0v) is 12.5. The van der Waals surface area contributed by atoms with Crippen LogP contribution in [0.1, 0.15) is 60.3 Å². The quantitative estimate of drug-likeness (QED) is 0.723. The van der Waals surface area contributed by atoms with E-state index in [2.05, 4.69) is 12.2 Å². The van der Waals surface area contributed by atoms with Gasteiger partial charge >= 0.3 is 12.1 Å². The van der Waals surface area contributed by atoms with Crippen LogP contribution in [0, 0.1) is 11.3 Å². The van der Waals surface area contributed by atoms with Crippen molar-refractivity contribution in [1.82, 2.24) is 5.32 Å². The van der Waals surface area contributed by atoms with E-state index < -0.39 is 23.5 Å². The number of hydrogen-bond donors (Lipinski definition) is 1. The number of hydrogen-bond acceptors (Lipinski definition) is 1. The molecule has 0 rings (SSSR count).